The molecule has 6 heteroatoms. The van der Waals surface area contributed by atoms with Crippen LogP contribution in [0.3, 0.4) is 0 Å². The first-order chi connectivity index (χ1) is 13.2. The summed E-state index contributed by atoms with van der Waals surface area (Å²) in [6.45, 7) is 0. The van der Waals surface area contributed by atoms with E-state index in [-0.39, 0.29) is 18.1 Å². The van der Waals surface area contributed by atoms with Crippen LogP contribution >= 0.6 is 11.6 Å². The quantitative estimate of drug-likeness (QED) is 0.727. The Morgan fingerprint density at radius 2 is 1.85 bits per heavy atom. The Labute approximate surface area is 162 Å². The third-order valence-corrected chi connectivity index (χ3v) is 5.05. The van der Waals surface area contributed by atoms with E-state index in [1.165, 1.54) is 0 Å². The predicted octanol–water partition coefficient (Wildman–Crippen LogP) is 4.40. The lowest BCUT2D eigenvalue weighted by atomic mass is 9.93. The number of fused-ring (bicyclic) bond motifs is 1. The van der Waals surface area contributed by atoms with E-state index in [4.69, 9.17) is 16.3 Å². The molecular formula is C21H20ClN3O2. The number of benzene rings is 1. The lowest BCUT2D eigenvalue weighted by Crippen LogP contribution is -2.40. The zero-order chi connectivity index (χ0) is 18.6. The summed E-state index contributed by atoms with van der Waals surface area (Å²) in [4.78, 5) is 21.2. The van der Waals surface area contributed by atoms with Gasteiger partial charge in [0.15, 0.2) is 0 Å². The Kier molecular flexibility index (Phi) is 5.21. The third-order valence-electron chi connectivity index (χ3n) is 4.83. The molecule has 3 aromatic rings. The van der Waals surface area contributed by atoms with Crippen molar-refractivity contribution in [3.05, 3.63) is 65.4 Å². The van der Waals surface area contributed by atoms with E-state index >= 15 is 0 Å². The van der Waals surface area contributed by atoms with Gasteiger partial charge in [0.05, 0.1) is 10.5 Å². The normalized spacial score (nSPS) is 19.6. The van der Waals surface area contributed by atoms with Crippen LogP contribution in [-0.2, 0) is 0 Å². The van der Waals surface area contributed by atoms with Gasteiger partial charge in [-0.3, -0.25) is 4.79 Å². The van der Waals surface area contributed by atoms with Crippen molar-refractivity contribution in [2.45, 2.75) is 37.8 Å². The van der Waals surface area contributed by atoms with Crippen LogP contribution in [0, 0.1) is 0 Å². The molecule has 2 aromatic heterocycles. The fraction of sp³-hybridized carbons (Fsp3) is 0.286. The van der Waals surface area contributed by atoms with Crippen LogP contribution in [0.2, 0.25) is 5.02 Å². The largest absolute Gasteiger partial charge is 0.474 e. The zero-order valence-corrected chi connectivity index (χ0v) is 15.5. The fourth-order valence-corrected chi connectivity index (χ4v) is 3.49. The lowest BCUT2D eigenvalue weighted by molar-refractivity contribution is 0.0885. The Morgan fingerprint density at radius 3 is 2.63 bits per heavy atom. The first kappa shape index (κ1) is 17.7. The molecule has 0 radical (unpaired) electrons. The maximum Gasteiger partial charge on any atom is 0.270 e. The Hall–Kier alpha value is -2.66. The SMILES string of the molecule is O=C(NC1CCC(Oc2ccc(Cl)cn2)CC1)c1ccc2ccccc2n1. The molecule has 138 valence electrons. The molecule has 1 amide bonds. The minimum absolute atomic E-state index is 0.116. The second-order valence-electron chi connectivity index (χ2n) is 6.77. The number of rotatable bonds is 4. The number of pyridine rings is 2. The van der Waals surface area contributed by atoms with E-state index in [0.717, 1.165) is 36.6 Å². The number of para-hydroxylation sites is 1. The van der Waals surface area contributed by atoms with Crippen molar-refractivity contribution < 1.29 is 9.53 Å². The van der Waals surface area contributed by atoms with Gasteiger partial charge in [0.2, 0.25) is 5.88 Å². The average molecular weight is 382 g/mol. The van der Waals surface area contributed by atoms with Gasteiger partial charge in [0.1, 0.15) is 11.8 Å². The van der Waals surface area contributed by atoms with Crippen LogP contribution in [0.5, 0.6) is 5.88 Å². The van der Waals surface area contributed by atoms with Crippen LogP contribution in [0.15, 0.2) is 54.7 Å². The highest BCUT2D eigenvalue weighted by molar-refractivity contribution is 6.30. The lowest BCUT2D eigenvalue weighted by Gasteiger charge is -2.29. The minimum atomic E-state index is -0.121. The molecule has 0 atom stereocenters. The van der Waals surface area contributed by atoms with Gasteiger partial charge in [-0.05, 0) is 43.9 Å². The van der Waals surface area contributed by atoms with Crippen LogP contribution < -0.4 is 10.1 Å². The molecule has 0 saturated heterocycles. The van der Waals surface area contributed by atoms with E-state index in [2.05, 4.69) is 15.3 Å². The second-order valence-corrected chi connectivity index (χ2v) is 7.21. The van der Waals surface area contributed by atoms with Gasteiger partial charge in [-0.25, -0.2) is 9.97 Å². The summed E-state index contributed by atoms with van der Waals surface area (Å²) in [6.07, 6.45) is 5.19. The first-order valence-corrected chi connectivity index (χ1v) is 9.50. The van der Waals surface area contributed by atoms with Crippen LogP contribution in [-0.4, -0.2) is 28.0 Å². The summed E-state index contributed by atoms with van der Waals surface area (Å²) < 4.78 is 5.90. The Balaban J connectivity index is 1.31. The fourth-order valence-electron chi connectivity index (χ4n) is 3.38. The van der Waals surface area contributed by atoms with Crippen molar-refractivity contribution in [2.75, 3.05) is 0 Å². The highest BCUT2D eigenvalue weighted by Gasteiger charge is 2.24. The van der Waals surface area contributed by atoms with Gasteiger partial charge >= 0.3 is 0 Å². The summed E-state index contributed by atoms with van der Waals surface area (Å²) in [5, 5.41) is 4.73. The van der Waals surface area contributed by atoms with Gasteiger partial charge in [-0.2, -0.15) is 0 Å². The smallest absolute Gasteiger partial charge is 0.270 e. The monoisotopic (exact) mass is 381 g/mol. The average Bonchev–Trinajstić information content (AvgIpc) is 2.71. The van der Waals surface area contributed by atoms with Gasteiger partial charge in [0.25, 0.3) is 5.91 Å². The molecule has 27 heavy (non-hydrogen) atoms. The van der Waals surface area contributed by atoms with Gasteiger partial charge < -0.3 is 10.1 Å². The van der Waals surface area contributed by atoms with Crippen molar-refractivity contribution in [1.82, 2.24) is 15.3 Å². The summed E-state index contributed by atoms with van der Waals surface area (Å²) in [7, 11) is 0. The third kappa shape index (κ3) is 4.37. The molecule has 1 aliphatic rings. The number of nitrogens with one attached hydrogen (secondary N) is 1. The molecule has 1 saturated carbocycles. The van der Waals surface area contributed by atoms with Gasteiger partial charge in [0, 0.05) is 23.7 Å². The van der Waals surface area contributed by atoms with Crippen LogP contribution in [0.4, 0.5) is 0 Å². The van der Waals surface area contributed by atoms with Crippen molar-refractivity contribution in [3.63, 3.8) is 0 Å². The topological polar surface area (TPSA) is 64.1 Å². The van der Waals surface area contributed by atoms with Crippen molar-refractivity contribution in [2.24, 2.45) is 0 Å². The summed E-state index contributed by atoms with van der Waals surface area (Å²) in [5.74, 6) is 0.469. The number of hydrogen-bond donors (Lipinski definition) is 1. The number of halogens is 1. The van der Waals surface area contributed by atoms with Crippen LogP contribution in [0.25, 0.3) is 10.9 Å². The molecule has 4 rings (SSSR count). The van der Waals surface area contributed by atoms with E-state index in [0.29, 0.717) is 16.6 Å². The number of nitrogens with zero attached hydrogens (tertiary/aromatic N) is 2. The number of hydrogen-bond acceptors (Lipinski definition) is 4. The highest BCUT2D eigenvalue weighted by Crippen LogP contribution is 2.24. The summed E-state index contributed by atoms with van der Waals surface area (Å²) in [5.41, 5.74) is 1.29. The number of carbonyl (C=O) groups excluding carboxylic acids is 1. The zero-order valence-electron chi connectivity index (χ0n) is 14.8. The van der Waals surface area contributed by atoms with Crippen molar-refractivity contribution in [1.29, 1.82) is 0 Å². The molecule has 0 bridgehead atoms. The number of ether oxygens (including phenoxy) is 1. The van der Waals surface area contributed by atoms with E-state index in [9.17, 15) is 4.79 Å². The van der Waals surface area contributed by atoms with Crippen molar-refractivity contribution >= 4 is 28.4 Å². The minimum Gasteiger partial charge on any atom is -0.474 e. The predicted molar refractivity (Wildman–Crippen MR) is 105 cm³/mol. The molecule has 0 aliphatic heterocycles. The molecule has 1 aliphatic carbocycles. The summed E-state index contributed by atoms with van der Waals surface area (Å²) in [6, 6.07) is 15.2. The van der Waals surface area contributed by atoms with Gasteiger partial charge in [-0.1, -0.05) is 35.9 Å². The number of carbonyl (C=O) groups is 1. The maximum absolute atomic E-state index is 12.5. The Morgan fingerprint density at radius 1 is 1.04 bits per heavy atom. The number of amides is 1. The Bertz CT molecular complexity index is 938. The molecule has 5 nitrogen and oxygen atoms in total. The van der Waals surface area contributed by atoms with Gasteiger partial charge in [-0.15, -0.1) is 0 Å². The summed E-state index contributed by atoms with van der Waals surface area (Å²) >= 11 is 5.84. The molecule has 0 unspecified atom stereocenters. The molecular weight excluding hydrogens is 362 g/mol. The molecule has 1 N–H and O–H groups in total. The van der Waals surface area contributed by atoms with Crippen LogP contribution in [0.1, 0.15) is 36.2 Å². The van der Waals surface area contributed by atoms with E-state index in [1.54, 1.807) is 24.4 Å². The number of aromatic nitrogens is 2. The second kappa shape index (κ2) is 7.92. The highest BCUT2D eigenvalue weighted by atomic mass is 35.5. The molecule has 0 spiro atoms. The van der Waals surface area contributed by atoms with E-state index in [1.807, 2.05) is 30.3 Å². The van der Waals surface area contributed by atoms with E-state index < -0.39 is 0 Å². The molecule has 1 fully saturated rings. The molecule has 2 heterocycles. The molecule has 1 aromatic carbocycles. The van der Waals surface area contributed by atoms with Crippen molar-refractivity contribution in [3.8, 4) is 5.88 Å². The first-order valence-electron chi connectivity index (χ1n) is 9.12. The standard InChI is InChI=1S/C21H20ClN3O2/c22-15-6-12-20(23-13-15)27-17-9-7-16(8-10-17)24-21(26)19-11-5-14-3-1-2-4-18(14)25-19/h1-6,11-13,16-17H,7-10H2,(H,24,26). The maximum atomic E-state index is 12.5.